The van der Waals surface area contributed by atoms with Crippen LogP contribution in [0.3, 0.4) is 0 Å². The first-order valence-electron chi connectivity index (χ1n) is 4.77. The molecule has 0 aromatic heterocycles. The van der Waals surface area contributed by atoms with E-state index in [9.17, 15) is 0 Å². The maximum absolute atomic E-state index is 9.08. The molecule has 0 aromatic carbocycles. The minimum absolute atomic E-state index is 0.492. The first-order valence-corrected chi connectivity index (χ1v) is 4.77. The Morgan fingerprint density at radius 1 is 0.733 bits per heavy atom. The second-order valence-electron chi connectivity index (χ2n) is 3.74. The molecule has 0 saturated heterocycles. The first kappa shape index (κ1) is 11.0. The standard InChI is InChI=1S/C11H10N4/c1-3-9(4-2)10(5-12,6-13)11(9,7-14)8-15/h3-4H2,1-2H3. The van der Waals surface area contributed by atoms with Crippen LogP contribution in [0.15, 0.2) is 0 Å². The molecule has 0 aromatic rings. The fraction of sp³-hybridized carbons (Fsp3) is 0.636. The Labute approximate surface area is 89.0 Å². The summed E-state index contributed by atoms with van der Waals surface area (Å²) in [7, 11) is 0. The number of hydrogen-bond donors (Lipinski definition) is 0. The van der Waals surface area contributed by atoms with Crippen molar-refractivity contribution in [2.24, 2.45) is 16.2 Å². The van der Waals surface area contributed by atoms with Crippen molar-refractivity contribution < 1.29 is 0 Å². The van der Waals surface area contributed by atoms with E-state index in [4.69, 9.17) is 21.0 Å². The smallest absolute Gasteiger partial charge is 0.184 e. The second-order valence-corrected chi connectivity index (χ2v) is 3.74. The van der Waals surface area contributed by atoms with Crippen LogP contribution in [0.1, 0.15) is 26.7 Å². The highest BCUT2D eigenvalue weighted by Crippen LogP contribution is 2.80. The molecule has 0 radical (unpaired) electrons. The summed E-state index contributed by atoms with van der Waals surface area (Å²) in [5, 5.41) is 36.3. The van der Waals surface area contributed by atoms with Crippen molar-refractivity contribution in [3.05, 3.63) is 0 Å². The van der Waals surface area contributed by atoms with Crippen molar-refractivity contribution >= 4 is 0 Å². The zero-order valence-electron chi connectivity index (χ0n) is 8.70. The van der Waals surface area contributed by atoms with E-state index in [1.54, 1.807) is 0 Å². The van der Waals surface area contributed by atoms with E-state index >= 15 is 0 Å². The molecule has 0 bridgehead atoms. The van der Waals surface area contributed by atoms with Crippen molar-refractivity contribution in [2.45, 2.75) is 26.7 Å². The molecule has 1 fully saturated rings. The van der Waals surface area contributed by atoms with Gasteiger partial charge in [-0.1, -0.05) is 13.8 Å². The molecule has 1 aliphatic carbocycles. The highest BCUT2D eigenvalue weighted by atomic mass is 14.8. The average molecular weight is 198 g/mol. The van der Waals surface area contributed by atoms with Crippen molar-refractivity contribution in [1.29, 1.82) is 21.0 Å². The molecule has 0 heterocycles. The summed E-state index contributed by atoms with van der Waals surface area (Å²) in [6.45, 7) is 3.62. The van der Waals surface area contributed by atoms with Crippen molar-refractivity contribution in [3.63, 3.8) is 0 Å². The van der Waals surface area contributed by atoms with Crippen LogP contribution >= 0.6 is 0 Å². The molecule has 1 saturated carbocycles. The van der Waals surface area contributed by atoms with Gasteiger partial charge in [0.05, 0.1) is 24.3 Å². The third-order valence-electron chi connectivity index (χ3n) is 3.81. The summed E-state index contributed by atoms with van der Waals surface area (Å²) in [4.78, 5) is 0. The van der Waals surface area contributed by atoms with Crippen LogP contribution < -0.4 is 0 Å². The molecule has 0 amide bonds. The van der Waals surface area contributed by atoms with E-state index in [-0.39, 0.29) is 0 Å². The molecule has 0 N–H and O–H groups in total. The summed E-state index contributed by atoms with van der Waals surface area (Å²) in [5.41, 5.74) is -3.69. The van der Waals surface area contributed by atoms with Gasteiger partial charge in [-0.25, -0.2) is 0 Å². The molecule has 0 atom stereocenters. The van der Waals surface area contributed by atoms with Crippen molar-refractivity contribution in [2.75, 3.05) is 0 Å². The maximum atomic E-state index is 9.08. The predicted octanol–water partition coefficient (Wildman–Crippen LogP) is 1.87. The third kappa shape index (κ3) is 0.707. The molecule has 0 spiro atoms. The molecular formula is C11H10N4. The van der Waals surface area contributed by atoms with Crippen LogP contribution in [0.25, 0.3) is 0 Å². The van der Waals surface area contributed by atoms with E-state index in [0.717, 1.165) is 0 Å². The van der Waals surface area contributed by atoms with Gasteiger partial charge in [0.25, 0.3) is 0 Å². The third-order valence-corrected chi connectivity index (χ3v) is 3.81. The minimum atomic E-state index is -1.45. The summed E-state index contributed by atoms with van der Waals surface area (Å²) in [6, 6.07) is 7.53. The normalized spacial score (nSPS) is 22.5. The first-order chi connectivity index (χ1) is 7.11. The minimum Gasteiger partial charge on any atom is -0.196 e. The van der Waals surface area contributed by atoms with Gasteiger partial charge < -0.3 is 0 Å². The van der Waals surface area contributed by atoms with Crippen LogP contribution in [-0.4, -0.2) is 0 Å². The Bertz CT molecular complexity index is 377. The topological polar surface area (TPSA) is 95.2 Å². The lowest BCUT2D eigenvalue weighted by atomic mass is 9.88. The van der Waals surface area contributed by atoms with E-state index in [1.807, 2.05) is 38.1 Å². The second kappa shape index (κ2) is 2.98. The summed E-state index contributed by atoms with van der Waals surface area (Å²) < 4.78 is 0. The highest BCUT2D eigenvalue weighted by Gasteiger charge is 2.89. The largest absolute Gasteiger partial charge is 0.196 e. The van der Waals surface area contributed by atoms with Gasteiger partial charge in [0.15, 0.2) is 10.8 Å². The average Bonchev–Trinajstić information content (AvgIpc) is 2.85. The maximum Gasteiger partial charge on any atom is 0.184 e. The number of hydrogen-bond acceptors (Lipinski definition) is 4. The van der Waals surface area contributed by atoms with Gasteiger partial charge in [0.1, 0.15) is 0 Å². The quantitative estimate of drug-likeness (QED) is 0.676. The van der Waals surface area contributed by atoms with Gasteiger partial charge in [0, 0.05) is 5.41 Å². The van der Waals surface area contributed by atoms with E-state index in [2.05, 4.69) is 0 Å². The molecule has 74 valence electrons. The zero-order chi connectivity index (χ0) is 11.7. The molecule has 0 unspecified atom stereocenters. The lowest BCUT2D eigenvalue weighted by Crippen LogP contribution is -2.09. The monoisotopic (exact) mass is 198 g/mol. The number of rotatable bonds is 2. The molecule has 4 heteroatoms. The zero-order valence-corrected chi connectivity index (χ0v) is 8.70. The van der Waals surface area contributed by atoms with Gasteiger partial charge in [0.2, 0.25) is 0 Å². The van der Waals surface area contributed by atoms with Gasteiger partial charge in [-0.2, -0.15) is 21.0 Å². The van der Waals surface area contributed by atoms with Gasteiger partial charge in [-0.3, -0.25) is 0 Å². The molecule has 1 aliphatic rings. The van der Waals surface area contributed by atoms with Crippen LogP contribution in [-0.2, 0) is 0 Å². The van der Waals surface area contributed by atoms with Crippen LogP contribution in [0.2, 0.25) is 0 Å². The van der Waals surface area contributed by atoms with Crippen molar-refractivity contribution in [3.8, 4) is 24.3 Å². The van der Waals surface area contributed by atoms with Crippen LogP contribution in [0.5, 0.6) is 0 Å². The molecule has 1 rings (SSSR count). The Kier molecular flexibility index (Phi) is 2.19. The summed E-state index contributed by atoms with van der Waals surface area (Å²) in [6.07, 6.45) is 0.984. The van der Waals surface area contributed by atoms with E-state index in [0.29, 0.717) is 12.8 Å². The number of nitriles is 4. The molecule has 15 heavy (non-hydrogen) atoms. The lowest BCUT2D eigenvalue weighted by Gasteiger charge is -2.10. The van der Waals surface area contributed by atoms with Gasteiger partial charge in [-0.05, 0) is 12.8 Å². The van der Waals surface area contributed by atoms with Crippen LogP contribution in [0.4, 0.5) is 0 Å². The Morgan fingerprint density at radius 3 is 1.07 bits per heavy atom. The Hall–Kier alpha value is -2.04. The summed E-state index contributed by atoms with van der Waals surface area (Å²) >= 11 is 0. The fourth-order valence-corrected chi connectivity index (χ4v) is 2.82. The van der Waals surface area contributed by atoms with Crippen molar-refractivity contribution in [1.82, 2.24) is 0 Å². The van der Waals surface area contributed by atoms with Crippen LogP contribution in [0, 0.1) is 61.6 Å². The summed E-state index contributed by atoms with van der Waals surface area (Å²) in [5.74, 6) is 0. The van der Waals surface area contributed by atoms with Gasteiger partial charge >= 0.3 is 0 Å². The molecule has 4 nitrogen and oxygen atoms in total. The van der Waals surface area contributed by atoms with E-state index < -0.39 is 16.2 Å². The molecular weight excluding hydrogens is 188 g/mol. The Morgan fingerprint density at radius 2 is 1.00 bits per heavy atom. The van der Waals surface area contributed by atoms with E-state index in [1.165, 1.54) is 0 Å². The predicted molar refractivity (Wildman–Crippen MR) is 50.3 cm³/mol. The SMILES string of the molecule is CCC1(CC)C(C#N)(C#N)C1(C#N)C#N. The fourth-order valence-electron chi connectivity index (χ4n) is 2.82. The highest BCUT2D eigenvalue weighted by molar-refractivity contribution is 5.55. The molecule has 0 aliphatic heterocycles. The Balaban J connectivity index is 3.51. The lowest BCUT2D eigenvalue weighted by molar-refractivity contribution is 0.391. The van der Waals surface area contributed by atoms with Gasteiger partial charge in [-0.15, -0.1) is 0 Å². The number of nitrogens with zero attached hydrogens (tertiary/aromatic N) is 4.